The summed E-state index contributed by atoms with van der Waals surface area (Å²) in [4.78, 5) is 4.52. The fourth-order valence-electron chi connectivity index (χ4n) is 2.24. The smallest absolute Gasteiger partial charge is 0.210 e. The number of rotatable bonds is 9. The zero-order valence-corrected chi connectivity index (χ0v) is 18.5. The molecule has 0 spiro atoms. The summed E-state index contributed by atoms with van der Waals surface area (Å²) in [5, 5.41) is 11.1. The van der Waals surface area contributed by atoms with Gasteiger partial charge in [-0.1, -0.05) is 12.1 Å². The van der Waals surface area contributed by atoms with Gasteiger partial charge in [0.15, 0.2) is 5.96 Å². The van der Waals surface area contributed by atoms with Gasteiger partial charge in [-0.2, -0.15) is 0 Å². The Morgan fingerprint density at radius 3 is 2.69 bits per heavy atom. The molecule has 1 aromatic carbocycles. The molecule has 1 aliphatic rings. The quantitative estimate of drug-likeness (QED) is 0.275. The number of nitrogens with one attached hydrogen (secondary N) is 2. The van der Waals surface area contributed by atoms with Crippen LogP contribution in [0.3, 0.4) is 0 Å². The van der Waals surface area contributed by atoms with Crippen molar-refractivity contribution in [3.05, 3.63) is 29.3 Å². The molecule has 0 amide bonds. The maximum Gasteiger partial charge on any atom is 0.210 e. The fourth-order valence-corrected chi connectivity index (χ4v) is 2.62. The second-order valence-electron chi connectivity index (χ2n) is 6.35. The summed E-state index contributed by atoms with van der Waals surface area (Å²) < 4.78 is 28.0. The number of hydrogen-bond donors (Lipinski definition) is 3. The van der Waals surface area contributed by atoms with E-state index in [0.29, 0.717) is 25.0 Å². The van der Waals surface area contributed by atoms with Gasteiger partial charge in [0.1, 0.15) is 5.75 Å². The maximum absolute atomic E-state index is 11.0. The average molecular weight is 496 g/mol. The van der Waals surface area contributed by atoms with Crippen molar-refractivity contribution in [3.8, 4) is 5.75 Å². The Morgan fingerprint density at radius 1 is 1.35 bits per heavy atom. The first kappa shape index (κ1) is 23.0. The number of nitrogens with zero attached hydrogens (tertiary/aromatic N) is 1. The highest BCUT2D eigenvalue weighted by atomic mass is 127. The van der Waals surface area contributed by atoms with Gasteiger partial charge in [0.25, 0.3) is 0 Å². The molecule has 0 unspecified atom stereocenters. The number of sulfonamides is 1. The van der Waals surface area contributed by atoms with E-state index in [-0.39, 0.29) is 36.3 Å². The highest BCUT2D eigenvalue weighted by molar-refractivity contribution is 14.0. The van der Waals surface area contributed by atoms with Crippen LogP contribution in [0.5, 0.6) is 5.75 Å². The average Bonchev–Trinajstić information content (AvgIpc) is 3.35. The van der Waals surface area contributed by atoms with Crippen molar-refractivity contribution >= 4 is 40.0 Å². The molecule has 0 saturated heterocycles. The van der Waals surface area contributed by atoms with Gasteiger partial charge in [-0.25, -0.2) is 18.5 Å². The van der Waals surface area contributed by atoms with Crippen molar-refractivity contribution in [3.63, 3.8) is 0 Å². The number of primary sulfonamides is 1. The van der Waals surface area contributed by atoms with Gasteiger partial charge in [-0.3, -0.25) is 0 Å². The molecule has 9 heteroatoms. The number of aliphatic imine (C=N–C) groups is 1. The van der Waals surface area contributed by atoms with E-state index in [1.807, 2.05) is 32.0 Å². The van der Waals surface area contributed by atoms with Crippen LogP contribution in [-0.2, 0) is 16.6 Å². The normalized spacial score (nSPS) is 14.5. The van der Waals surface area contributed by atoms with E-state index in [9.17, 15) is 8.42 Å². The van der Waals surface area contributed by atoms with Crippen LogP contribution in [0.15, 0.2) is 23.2 Å². The fraction of sp³-hybridized carbons (Fsp3) is 0.588. The standard InChI is InChI=1S/C17H28N4O3S.HI/c1-3-19-17(20-8-9-25(18,22)23)21-11-15-7-4-13(2)10-16(15)24-12-14-5-6-14;/h4,7,10,14H,3,5-6,8-9,11-12H2,1-2H3,(H2,18,22,23)(H2,19,20,21);1H. The SMILES string of the molecule is CCNC(=NCc1ccc(C)cc1OCC1CC1)NCCS(N)(=O)=O.I. The molecule has 4 N–H and O–H groups in total. The lowest BCUT2D eigenvalue weighted by Gasteiger charge is -2.13. The minimum absolute atomic E-state index is 0. The van der Waals surface area contributed by atoms with Gasteiger partial charge in [-0.15, -0.1) is 24.0 Å². The Kier molecular flexibility index (Phi) is 9.66. The van der Waals surface area contributed by atoms with Crippen LogP contribution in [0, 0.1) is 12.8 Å². The lowest BCUT2D eigenvalue weighted by atomic mass is 10.1. The Hall–Kier alpha value is -1.07. The second kappa shape index (κ2) is 10.9. The Bertz CT molecular complexity index is 706. The first-order valence-electron chi connectivity index (χ1n) is 8.62. The summed E-state index contributed by atoms with van der Waals surface area (Å²) in [5.74, 6) is 1.97. The number of benzene rings is 1. The van der Waals surface area contributed by atoms with E-state index < -0.39 is 10.0 Å². The zero-order valence-electron chi connectivity index (χ0n) is 15.3. The Balaban J connectivity index is 0.00000338. The summed E-state index contributed by atoms with van der Waals surface area (Å²) >= 11 is 0. The first-order chi connectivity index (χ1) is 11.9. The molecule has 0 aliphatic heterocycles. The highest BCUT2D eigenvalue weighted by Crippen LogP contribution is 2.30. The third-order valence-electron chi connectivity index (χ3n) is 3.82. The molecule has 0 heterocycles. The summed E-state index contributed by atoms with van der Waals surface area (Å²) in [7, 11) is -3.49. The molecule has 7 nitrogen and oxygen atoms in total. The number of aryl methyl sites for hydroxylation is 1. The number of nitrogens with two attached hydrogens (primary N) is 1. The van der Waals surface area contributed by atoms with E-state index in [1.54, 1.807) is 0 Å². The van der Waals surface area contributed by atoms with Gasteiger partial charge in [0.2, 0.25) is 10.0 Å². The van der Waals surface area contributed by atoms with Crippen LogP contribution >= 0.6 is 24.0 Å². The Labute approximate surface area is 173 Å². The molecule has 1 aromatic rings. The van der Waals surface area contributed by atoms with Crippen molar-refractivity contribution in [2.75, 3.05) is 25.4 Å². The van der Waals surface area contributed by atoms with E-state index >= 15 is 0 Å². The minimum Gasteiger partial charge on any atom is -0.493 e. The molecule has 148 valence electrons. The van der Waals surface area contributed by atoms with Gasteiger partial charge in [0, 0.05) is 18.7 Å². The monoisotopic (exact) mass is 496 g/mol. The van der Waals surface area contributed by atoms with E-state index in [2.05, 4.69) is 15.6 Å². The molecule has 26 heavy (non-hydrogen) atoms. The molecule has 0 atom stereocenters. The topological polar surface area (TPSA) is 106 Å². The molecular weight excluding hydrogens is 467 g/mol. The largest absolute Gasteiger partial charge is 0.493 e. The summed E-state index contributed by atoms with van der Waals surface area (Å²) in [5.41, 5.74) is 2.16. The molecule has 1 aliphatic carbocycles. The van der Waals surface area contributed by atoms with E-state index in [1.165, 1.54) is 12.8 Å². The van der Waals surface area contributed by atoms with E-state index in [4.69, 9.17) is 9.88 Å². The number of halogens is 1. The predicted octanol–water partition coefficient (Wildman–Crippen LogP) is 1.75. The maximum atomic E-state index is 11.0. The van der Waals surface area contributed by atoms with Crippen molar-refractivity contribution < 1.29 is 13.2 Å². The number of ether oxygens (including phenoxy) is 1. The third-order valence-corrected chi connectivity index (χ3v) is 4.60. The van der Waals surface area contributed by atoms with E-state index in [0.717, 1.165) is 23.5 Å². The molecule has 1 fully saturated rings. The van der Waals surface area contributed by atoms with Crippen molar-refractivity contribution in [2.24, 2.45) is 16.0 Å². The van der Waals surface area contributed by atoms with Crippen LogP contribution in [0.1, 0.15) is 30.9 Å². The molecule has 0 radical (unpaired) electrons. The van der Waals surface area contributed by atoms with Gasteiger partial charge >= 0.3 is 0 Å². The first-order valence-corrected chi connectivity index (χ1v) is 10.3. The van der Waals surface area contributed by atoms with Crippen molar-refractivity contribution in [1.82, 2.24) is 10.6 Å². The lowest BCUT2D eigenvalue weighted by Crippen LogP contribution is -2.40. The highest BCUT2D eigenvalue weighted by Gasteiger charge is 2.22. The zero-order chi connectivity index (χ0) is 18.3. The number of hydrogen-bond acceptors (Lipinski definition) is 4. The lowest BCUT2D eigenvalue weighted by molar-refractivity contribution is 0.296. The van der Waals surface area contributed by atoms with Crippen LogP contribution in [-0.4, -0.2) is 39.8 Å². The van der Waals surface area contributed by atoms with Crippen LogP contribution in [0.2, 0.25) is 0 Å². The molecule has 2 rings (SSSR count). The van der Waals surface area contributed by atoms with Crippen LogP contribution < -0.4 is 20.5 Å². The van der Waals surface area contributed by atoms with Gasteiger partial charge < -0.3 is 15.4 Å². The second-order valence-corrected chi connectivity index (χ2v) is 8.09. The van der Waals surface area contributed by atoms with Gasteiger partial charge in [-0.05, 0) is 44.2 Å². The molecule has 0 bridgehead atoms. The molecule has 1 saturated carbocycles. The Morgan fingerprint density at radius 2 is 2.08 bits per heavy atom. The van der Waals surface area contributed by atoms with Crippen molar-refractivity contribution in [1.29, 1.82) is 0 Å². The summed E-state index contributed by atoms with van der Waals surface area (Å²) in [6, 6.07) is 6.10. The van der Waals surface area contributed by atoms with Crippen LogP contribution in [0.4, 0.5) is 0 Å². The van der Waals surface area contributed by atoms with Crippen molar-refractivity contribution in [2.45, 2.75) is 33.2 Å². The number of guanidine groups is 1. The minimum atomic E-state index is -3.49. The van der Waals surface area contributed by atoms with Gasteiger partial charge in [0.05, 0.1) is 18.9 Å². The molecular formula is C17H29IN4O3S. The molecule has 0 aromatic heterocycles. The summed E-state index contributed by atoms with van der Waals surface area (Å²) in [6.45, 7) is 6.09. The predicted molar refractivity (Wildman–Crippen MR) is 116 cm³/mol. The van der Waals surface area contributed by atoms with Crippen LogP contribution in [0.25, 0.3) is 0 Å². The summed E-state index contributed by atoms with van der Waals surface area (Å²) in [6.07, 6.45) is 2.50. The third kappa shape index (κ3) is 9.04.